The molecule has 0 aromatic carbocycles. The molecular formula is C15H20Cl2N4O2. The number of hydrogen-bond acceptors (Lipinski definition) is 5. The van der Waals surface area contributed by atoms with E-state index in [1.54, 1.807) is 18.5 Å². The summed E-state index contributed by atoms with van der Waals surface area (Å²) in [5, 5.41) is 10.2. The summed E-state index contributed by atoms with van der Waals surface area (Å²) in [7, 11) is 0. The molecule has 3 heterocycles. The molecule has 1 aliphatic heterocycles. The molecule has 8 heteroatoms. The van der Waals surface area contributed by atoms with Crippen LogP contribution in [0.3, 0.4) is 0 Å². The first-order valence-electron chi connectivity index (χ1n) is 7.13. The largest absolute Gasteiger partial charge is 0.355 e. The van der Waals surface area contributed by atoms with E-state index in [4.69, 9.17) is 4.52 Å². The van der Waals surface area contributed by atoms with Crippen LogP contribution in [-0.2, 0) is 0 Å². The Morgan fingerprint density at radius 3 is 2.78 bits per heavy atom. The van der Waals surface area contributed by atoms with Crippen molar-refractivity contribution in [2.24, 2.45) is 5.92 Å². The van der Waals surface area contributed by atoms with E-state index < -0.39 is 0 Å². The van der Waals surface area contributed by atoms with Gasteiger partial charge in [0.25, 0.3) is 5.91 Å². The molecule has 0 saturated carbocycles. The van der Waals surface area contributed by atoms with Gasteiger partial charge in [0.05, 0.1) is 0 Å². The Morgan fingerprint density at radius 1 is 1.35 bits per heavy atom. The highest BCUT2D eigenvalue weighted by Gasteiger charge is 2.24. The lowest BCUT2D eigenvalue weighted by Gasteiger charge is -2.29. The predicted octanol–water partition coefficient (Wildman–Crippen LogP) is 2.31. The fourth-order valence-electron chi connectivity index (χ4n) is 2.46. The zero-order chi connectivity index (χ0) is 14.7. The Morgan fingerprint density at radius 2 is 2.09 bits per heavy atom. The second kappa shape index (κ2) is 8.86. The topological polar surface area (TPSA) is 80.0 Å². The van der Waals surface area contributed by atoms with Crippen molar-refractivity contribution in [3.63, 3.8) is 0 Å². The van der Waals surface area contributed by atoms with Crippen molar-refractivity contribution in [1.29, 1.82) is 0 Å². The Labute approximate surface area is 147 Å². The maximum atomic E-state index is 12.2. The molecule has 3 rings (SSSR count). The lowest BCUT2D eigenvalue weighted by molar-refractivity contribution is 0.0906. The molecule has 6 nitrogen and oxygen atoms in total. The van der Waals surface area contributed by atoms with Gasteiger partial charge in [-0.1, -0.05) is 12.1 Å². The number of nitrogens with one attached hydrogen (secondary N) is 2. The molecule has 23 heavy (non-hydrogen) atoms. The number of piperidine rings is 1. The highest BCUT2D eigenvalue weighted by Crippen LogP contribution is 2.19. The van der Waals surface area contributed by atoms with Crippen LogP contribution in [0, 0.1) is 5.92 Å². The Bertz CT molecular complexity index is 621. The third-order valence-electron chi connectivity index (χ3n) is 3.85. The van der Waals surface area contributed by atoms with Crippen molar-refractivity contribution in [2.75, 3.05) is 13.1 Å². The minimum Gasteiger partial charge on any atom is -0.355 e. The molecule has 1 aliphatic rings. The van der Waals surface area contributed by atoms with Gasteiger partial charge < -0.3 is 15.2 Å². The van der Waals surface area contributed by atoms with E-state index in [1.165, 1.54) is 0 Å². The third kappa shape index (κ3) is 4.67. The van der Waals surface area contributed by atoms with Gasteiger partial charge in [0.1, 0.15) is 0 Å². The SMILES string of the molecule is CC1CCNCC1NC(=O)c1cc(-c2ccncc2)on1.Cl.Cl. The summed E-state index contributed by atoms with van der Waals surface area (Å²) in [5.41, 5.74) is 1.16. The molecule has 1 amide bonds. The highest BCUT2D eigenvalue weighted by molar-refractivity contribution is 5.93. The molecule has 1 saturated heterocycles. The molecule has 2 aromatic rings. The van der Waals surface area contributed by atoms with Gasteiger partial charge in [-0.15, -0.1) is 24.8 Å². The van der Waals surface area contributed by atoms with Gasteiger partial charge in [0, 0.05) is 36.6 Å². The molecule has 0 radical (unpaired) electrons. The number of nitrogens with zero attached hydrogens (tertiary/aromatic N) is 2. The minimum atomic E-state index is -0.195. The van der Waals surface area contributed by atoms with Crippen molar-refractivity contribution in [3.8, 4) is 11.3 Å². The summed E-state index contributed by atoms with van der Waals surface area (Å²) in [6.07, 6.45) is 4.41. The normalized spacial score (nSPS) is 20.0. The monoisotopic (exact) mass is 358 g/mol. The van der Waals surface area contributed by atoms with Crippen LogP contribution in [0.5, 0.6) is 0 Å². The van der Waals surface area contributed by atoms with Crippen LogP contribution < -0.4 is 10.6 Å². The van der Waals surface area contributed by atoms with E-state index in [0.717, 1.165) is 25.1 Å². The number of aromatic nitrogens is 2. The van der Waals surface area contributed by atoms with Crippen LogP contribution in [0.25, 0.3) is 11.3 Å². The van der Waals surface area contributed by atoms with E-state index in [9.17, 15) is 4.79 Å². The van der Waals surface area contributed by atoms with Gasteiger partial charge in [-0.05, 0) is 31.0 Å². The van der Waals surface area contributed by atoms with Gasteiger partial charge in [0.15, 0.2) is 11.5 Å². The van der Waals surface area contributed by atoms with E-state index in [0.29, 0.717) is 17.4 Å². The first-order chi connectivity index (χ1) is 10.2. The molecule has 0 spiro atoms. The van der Waals surface area contributed by atoms with Crippen molar-refractivity contribution in [2.45, 2.75) is 19.4 Å². The number of carbonyl (C=O) groups is 1. The summed E-state index contributed by atoms with van der Waals surface area (Å²) in [6, 6.07) is 5.42. The molecule has 0 bridgehead atoms. The summed E-state index contributed by atoms with van der Waals surface area (Å²) >= 11 is 0. The Balaban J connectivity index is 0.00000132. The third-order valence-corrected chi connectivity index (χ3v) is 3.85. The van der Waals surface area contributed by atoms with E-state index in [1.807, 2.05) is 12.1 Å². The predicted molar refractivity (Wildman–Crippen MR) is 92.1 cm³/mol. The average molecular weight is 359 g/mol. The number of hydrogen-bond donors (Lipinski definition) is 2. The Hall–Kier alpha value is -1.63. The van der Waals surface area contributed by atoms with E-state index in [2.05, 4.69) is 27.7 Å². The van der Waals surface area contributed by atoms with Gasteiger partial charge in [-0.2, -0.15) is 0 Å². The summed E-state index contributed by atoms with van der Waals surface area (Å²) < 4.78 is 5.23. The van der Waals surface area contributed by atoms with Crippen LogP contribution in [0.1, 0.15) is 23.8 Å². The summed E-state index contributed by atoms with van der Waals surface area (Å²) in [5.74, 6) is 0.832. The molecule has 2 aromatic heterocycles. The quantitative estimate of drug-likeness (QED) is 0.879. The highest BCUT2D eigenvalue weighted by atomic mass is 35.5. The van der Waals surface area contributed by atoms with E-state index in [-0.39, 0.29) is 36.8 Å². The zero-order valence-electron chi connectivity index (χ0n) is 12.7. The standard InChI is InChI=1S/C15H18N4O2.2ClH/c1-10-2-5-17-9-13(10)18-15(20)12-8-14(21-19-12)11-3-6-16-7-4-11;;/h3-4,6-8,10,13,17H,2,5,9H2,1H3,(H,18,20);2*1H. The molecule has 2 atom stereocenters. The van der Waals surface area contributed by atoms with Crippen LogP contribution in [0.15, 0.2) is 35.1 Å². The van der Waals surface area contributed by atoms with Crippen LogP contribution in [0.2, 0.25) is 0 Å². The van der Waals surface area contributed by atoms with E-state index >= 15 is 0 Å². The molecular weight excluding hydrogens is 339 g/mol. The van der Waals surface area contributed by atoms with Crippen molar-refractivity contribution in [1.82, 2.24) is 20.8 Å². The number of halogens is 2. The lowest BCUT2D eigenvalue weighted by Crippen LogP contribution is -2.50. The minimum absolute atomic E-state index is 0. The second-order valence-electron chi connectivity index (χ2n) is 5.36. The fourth-order valence-corrected chi connectivity index (χ4v) is 2.46. The molecule has 2 N–H and O–H groups in total. The number of amides is 1. The smallest absolute Gasteiger partial charge is 0.273 e. The van der Waals surface area contributed by atoms with Crippen molar-refractivity contribution in [3.05, 3.63) is 36.3 Å². The second-order valence-corrected chi connectivity index (χ2v) is 5.36. The Kier molecular flexibility index (Phi) is 7.48. The molecule has 1 fully saturated rings. The van der Waals surface area contributed by atoms with Gasteiger partial charge >= 0.3 is 0 Å². The first-order valence-corrected chi connectivity index (χ1v) is 7.13. The maximum absolute atomic E-state index is 12.2. The average Bonchev–Trinajstić information content (AvgIpc) is 3.00. The van der Waals surface area contributed by atoms with Crippen molar-refractivity contribution < 1.29 is 9.32 Å². The summed E-state index contributed by atoms with van der Waals surface area (Å²) in [6.45, 7) is 3.95. The van der Waals surface area contributed by atoms with Crippen LogP contribution in [0.4, 0.5) is 0 Å². The molecule has 2 unspecified atom stereocenters. The first kappa shape index (κ1) is 19.4. The van der Waals surface area contributed by atoms with Crippen LogP contribution in [-0.4, -0.2) is 35.2 Å². The zero-order valence-corrected chi connectivity index (χ0v) is 14.3. The fraction of sp³-hybridized carbons (Fsp3) is 0.400. The van der Waals surface area contributed by atoms with Gasteiger partial charge in [-0.3, -0.25) is 9.78 Å². The molecule has 0 aliphatic carbocycles. The maximum Gasteiger partial charge on any atom is 0.273 e. The summed E-state index contributed by atoms with van der Waals surface area (Å²) in [4.78, 5) is 16.2. The van der Waals surface area contributed by atoms with Crippen LogP contribution >= 0.6 is 24.8 Å². The molecule has 126 valence electrons. The number of carbonyl (C=O) groups excluding carboxylic acids is 1. The van der Waals surface area contributed by atoms with Crippen molar-refractivity contribution >= 4 is 30.7 Å². The number of rotatable bonds is 3. The van der Waals surface area contributed by atoms with Gasteiger partial charge in [-0.25, -0.2) is 0 Å². The van der Waals surface area contributed by atoms with Gasteiger partial charge in [0.2, 0.25) is 0 Å². The lowest BCUT2D eigenvalue weighted by atomic mass is 9.95. The number of pyridine rings is 1.